The topological polar surface area (TPSA) is 61.8 Å². The van der Waals surface area contributed by atoms with Crippen molar-refractivity contribution in [3.05, 3.63) is 106 Å². The summed E-state index contributed by atoms with van der Waals surface area (Å²) in [5.41, 5.74) is 3.87. The van der Waals surface area contributed by atoms with Crippen molar-refractivity contribution < 1.29 is 9.59 Å². The third kappa shape index (κ3) is 5.13. The number of halogens is 1. The lowest BCUT2D eigenvalue weighted by atomic mass is 10.1. The fourth-order valence-corrected chi connectivity index (χ4v) is 3.58. The van der Waals surface area contributed by atoms with Crippen LogP contribution in [-0.2, 0) is 22.6 Å². The Hall–Kier alpha value is -3.70. The van der Waals surface area contributed by atoms with Gasteiger partial charge in [-0.05, 0) is 54.0 Å². The molecule has 5 nitrogen and oxygen atoms in total. The lowest BCUT2D eigenvalue weighted by Crippen LogP contribution is -2.30. The molecule has 2 amide bonds. The van der Waals surface area contributed by atoms with E-state index in [9.17, 15) is 9.59 Å². The average molecular weight is 444 g/mol. The molecule has 0 bridgehead atoms. The highest BCUT2D eigenvalue weighted by atomic mass is 35.5. The lowest BCUT2D eigenvalue weighted by molar-refractivity contribution is -0.120. The van der Waals surface area contributed by atoms with Gasteiger partial charge >= 0.3 is 0 Å². The van der Waals surface area contributed by atoms with Gasteiger partial charge in [0.25, 0.3) is 5.91 Å². The van der Waals surface area contributed by atoms with Crippen molar-refractivity contribution in [2.24, 2.45) is 4.99 Å². The minimum absolute atomic E-state index is 0.0511. The molecule has 0 aliphatic carbocycles. The van der Waals surface area contributed by atoms with E-state index in [1.807, 2.05) is 66.7 Å². The standard InChI is InChI=1S/C26H22ClN3O2/c1-18-29-24(15-19-7-11-22(27)12-8-19)26(32)30(18)23-13-9-20(10-14-23)16-25(31)28-17-21-5-3-2-4-6-21/h2-15H,16-17H2,1H3,(H,28,31)/b24-15-. The van der Waals surface area contributed by atoms with Crippen molar-refractivity contribution in [3.63, 3.8) is 0 Å². The van der Waals surface area contributed by atoms with Crippen LogP contribution in [-0.4, -0.2) is 17.6 Å². The fourth-order valence-electron chi connectivity index (χ4n) is 3.46. The Morgan fingerprint density at radius 2 is 1.66 bits per heavy atom. The van der Waals surface area contributed by atoms with Gasteiger partial charge in [0, 0.05) is 11.6 Å². The van der Waals surface area contributed by atoms with Crippen LogP contribution in [0, 0.1) is 0 Å². The summed E-state index contributed by atoms with van der Waals surface area (Å²) in [4.78, 5) is 31.2. The number of nitrogens with zero attached hydrogens (tertiary/aromatic N) is 2. The zero-order valence-electron chi connectivity index (χ0n) is 17.6. The van der Waals surface area contributed by atoms with Gasteiger partial charge in [-0.15, -0.1) is 0 Å². The van der Waals surface area contributed by atoms with Gasteiger partial charge in [-0.2, -0.15) is 0 Å². The predicted molar refractivity (Wildman–Crippen MR) is 128 cm³/mol. The Morgan fingerprint density at radius 3 is 2.34 bits per heavy atom. The summed E-state index contributed by atoms with van der Waals surface area (Å²) >= 11 is 5.92. The smallest absolute Gasteiger partial charge is 0.282 e. The lowest BCUT2D eigenvalue weighted by Gasteiger charge is -2.16. The summed E-state index contributed by atoms with van der Waals surface area (Å²) in [7, 11) is 0. The molecule has 1 N–H and O–H groups in total. The Labute approximate surface area is 192 Å². The van der Waals surface area contributed by atoms with Gasteiger partial charge in [-0.3, -0.25) is 14.5 Å². The summed E-state index contributed by atoms with van der Waals surface area (Å²) in [6.45, 7) is 2.30. The molecule has 0 fully saturated rings. The molecule has 1 aliphatic heterocycles. The summed E-state index contributed by atoms with van der Waals surface area (Å²) in [5.74, 6) is 0.360. The number of nitrogens with one attached hydrogen (secondary N) is 1. The molecule has 0 spiro atoms. The largest absolute Gasteiger partial charge is 0.352 e. The Balaban J connectivity index is 1.40. The second-order valence-electron chi connectivity index (χ2n) is 7.49. The number of carbonyl (C=O) groups excluding carboxylic acids is 2. The minimum atomic E-state index is -0.189. The highest BCUT2D eigenvalue weighted by Crippen LogP contribution is 2.25. The van der Waals surface area contributed by atoms with Crippen LogP contribution in [0.5, 0.6) is 0 Å². The Morgan fingerprint density at radius 1 is 0.969 bits per heavy atom. The van der Waals surface area contributed by atoms with Crippen LogP contribution >= 0.6 is 11.6 Å². The molecule has 0 radical (unpaired) electrons. The van der Waals surface area contributed by atoms with Crippen molar-refractivity contribution in [2.45, 2.75) is 19.9 Å². The third-order valence-corrected chi connectivity index (χ3v) is 5.35. The van der Waals surface area contributed by atoms with E-state index in [4.69, 9.17) is 11.6 Å². The summed E-state index contributed by atoms with van der Waals surface area (Å²) in [5, 5.41) is 3.56. The van der Waals surface area contributed by atoms with E-state index >= 15 is 0 Å². The number of rotatable bonds is 6. The van der Waals surface area contributed by atoms with E-state index in [1.54, 1.807) is 30.0 Å². The Kier molecular flexibility index (Phi) is 6.47. The van der Waals surface area contributed by atoms with E-state index in [-0.39, 0.29) is 18.2 Å². The van der Waals surface area contributed by atoms with Gasteiger partial charge in [0.05, 0.1) is 12.1 Å². The number of aliphatic imine (C=N–C) groups is 1. The molecule has 32 heavy (non-hydrogen) atoms. The maximum absolute atomic E-state index is 12.9. The molecule has 6 heteroatoms. The van der Waals surface area contributed by atoms with Gasteiger partial charge in [0.2, 0.25) is 5.91 Å². The predicted octanol–water partition coefficient (Wildman–Crippen LogP) is 5.01. The van der Waals surface area contributed by atoms with Gasteiger partial charge in [-0.1, -0.05) is 66.2 Å². The highest BCUT2D eigenvalue weighted by molar-refractivity contribution is 6.30. The number of carbonyl (C=O) groups is 2. The molecule has 4 rings (SSSR count). The monoisotopic (exact) mass is 443 g/mol. The quantitative estimate of drug-likeness (QED) is 0.544. The SMILES string of the molecule is CC1=N/C(=C\c2ccc(Cl)cc2)C(=O)N1c1ccc(CC(=O)NCc2ccccc2)cc1. The number of amidine groups is 1. The van der Waals surface area contributed by atoms with Gasteiger partial charge in [0.1, 0.15) is 11.5 Å². The first-order chi connectivity index (χ1) is 15.5. The summed E-state index contributed by atoms with van der Waals surface area (Å²) < 4.78 is 0. The molecule has 3 aromatic carbocycles. The van der Waals surface area contributed by atoms with Crippen molar-refractivity contribution in [3.8, 4) is 0 Å². The molecular weight excluding hydrogens is 422 g/mol. The molecule has 3 aromatic rings. The van der Waals surface area contributed by atoms with Crippen LogP contribution in [0.3, 0.4) is 0 Å². The van der Waals surface area contributed by atoms with E-state index in [2.05, 4.69) is 10.3 Å². The number of amides is 2. The van der Waals surface area contributed by atoms with Crippen molar-refractivity contribution in [1.29, 1.82) is 0 Å². The Bertz CT molecular complexity index is 1180. The molecule has 160 valence electrons. The maximum Gasteiger partial charge on any atom is 0.282 e. The van der Waals surface area contributed by atoms with Crippen molar-refractivity contribution in [1.82, 2.24) is 5.32 Å². The number of hydrogen-bond donors (Lipinski definition) is 1. The van der Waals surface area contributed by atoms with Crippen molar-refractivity contribution in [2.75, 3.05) is 4.90 Å². The summed E-state index contributed by atoms with van der Waals surface area (Å²) in [6.07, 6.45) is 2.02. The van der Waals surface area contributed by atoms with Gasteiger partial charge < -0.3 is 5.32 Å². The normalized spacial score (nSPS) is 14.6. The van der Waals surface area contributed by atoms with E-state index < -0.39 is 0 Å². The molecule has 0 aromatic heterocycles. The van der Waals surface area contributed by atoms with E-state index in [0.29, 0.717) is 28.8 Å². The van der Waals surface area contributed by atoms with Crippen LogP contribution in [0.15, 0.2) is 89.6 Å². The molecule has 0 atom stereocenters. The van der Waals surface area contributed by atoms with Gasteiger partial charge in [-0.25, -0.2) is 4.99 Å². The van der Waals surface area contributed by atoms with E-state index in [1.165, 1.54) is 0 Å². The number of benzene rings is 3. The van der Waals surface area contributed by atoms with E-state index in [0.717, 1.165) is 16.7 Å². The van der Waals surface area contributed by atoms with Crippen molar-refractivity contribution >= 4 is 41.0 Å². The maximum atomic E-state index is 12.9. The third-order valence-electron chi connectivity index (χ3n) is 5.09. The van der Waals surface area contributed by atoms with Crippen LogP contribution < -0.4 is 10.2 Å². The van der Waals surface area contributed by atoms with Gasteiger partial charge in [0.15, 0.2) is 0 Å². The van der Waals surface area contributed by atoms with Crippen LogP contribution in [0.25, 0.3) is 6.08 Å². The average Bonchev–Trinajstić information content (AvgIpc) is 3.08. The molecule has 1 aliphatic rings. The molecule has 1 heterocycles. The summed E-state index contributed by atoms with van der Waals surface area (Å²) in [6, 6.07) is 24.4. The molecule has 0 saturated carbocycles. The molecule has 0 saturated heterocycles. The van der Waals surface area contributed by atoms with Crippen LogP contribution in [0.1, 0.15) is 23.6 Å². The first-order valence-electron chi connectivity index (χ1n) is 10.3. The number of hydrogen-bond acceptors (Lipinski definition) is 3. The second kappa shape index (κ2) is 9.62. The zero-order chi connectivity index (χ0) is 22.5. The molecule has 0 unspecified atom stereocenters. The minimum Gasteiger partial charge on any atom is -0.352 e. The molecular formula is C26H22ClN3O2. The first-order valence-corrected chi connectivity index (χ1v) is 10.6. The van der Waals surface area contributed by atoms with Crippen LogP contribution in [0.4, 0.5) is 5.69 Å². The zero-order valence-corrected chi connectivity index (χ0v) is 18.3. The second-order valence-corrected chi connectivity index (χ2v) is 7.92. The highest BCUT2D eigenvalue weighted by Gasteiger charge is 2.28. The fraction of sp³-hybridized carbons (Fsp3) is 0.115. The number of anilines is 1. The first kappa shape index (κ1) is 21.5. The van der Waals surface area contributed by atoms with Crippen LogP contribution in [0.2, 0.25) is 5.02 Å².